The minimum atomic E-state index is -4.53. The number of urea groups is 2. The highest BCUT2D eigenvalue weighted by Gasteiger charge is 2.33. The second-order valence-corrected chi connectivity index (χ2v) is 7.69. The molecule has 0 spiro atoms. The first-order chi connectivity index (χ1) is 13.8. The van der Waals surface area contributed by atoms with Gasteiger partial charge in [0, 0.05) is 49.4 Å². The van der Waals surface area contributed by atoms with Crippen LogP contribution in [0.5, 0.6) is 0 Å². The zero-order valence-electron chi connectivity index (χ0n) is 15.7. The summed E-state index contributed by atoms with van der Waals surface area (Å²) in [6.45, 7) is 3.75. The molecule has 29 heavy (non-hydrogen) atoms. The predicted molar refractivity (Wildman–Crippen MR) is 104 cm³/mol. The predicted octanol–water partition coefficient (Wildman–Crippen LogP) is 3.46. The highest BCUT2D eigenvalue weighted by Crippen LogP contribution is 2.36. The molecular weight excluding hydrogens is 457 g/mol. The number of carbonyl (C=O) groups is 2. The van der Waals surface area contributed by atoms with Crippen LogP contribution in [0.3, 0.4) is 0 Å². The first-order valence-corrected chi connectivity index (χ1v) is 10.1. The van der Waals surface area contributed by atoms with Gasteiger partial charge in [-0.25, -0.2) is 9.59 Å². The van der Waals surface area contributed by atoms with Crippen LogP contribution in [0.4, 0.5) is 28.4 Å². The number of morpholine rings is 1. The SMILES string of the molecule is O=C(Nc1ccc(Br)c(C(F)(F)F)c1)N1CCCN(C(=O)N2CCOCC2)CC1. The molecule has 2 aliphatic rings. The number of hydrogen-bond acceptors (Lipinski definition) is 3. The minimum Gasteiger partial charge on any atom is -0.378 e. The van der Waals surface area contributed by atoms with E-state index in [1.807, 2.05) is 0 Å². The molecule has 0 saturated carbocycles. The Bertz CT molecular complexity index is 756. The quantitative estimate of drug-likeness (QED) is 0.672. The molecule has 7 nitrogen and oxygen atoms in total. The van der Waals surface area contributed by atoms with Crippen LogP contribution in [-0.2, 0) is 10.9 Å². The third-order valence-electron chi connectivity index (χ3n) is 4.86. The summed E-state index contributed by atoms with van der Waals surface area (Å²) in [7, 11) is 0. The Balaban J connectivity index is 1.59. The third kappa shape index (κ3) is 5.53. The number of ether oxygens (including phenoxy) is 1. The van der Waals surface area contributed by atoms with Gasteiger partial charge in [0.25, 0.3) is 0 Å². The monoisotopic (exact) mass is 478 g/mol. The highest BCUT2D eigenvalue weighted by molar-refractivity contribution is 9.10. The van der Waals surface area contributed by atoms with Gasteiger partial charge in [-0.1, -0.05) is 15.9 Å². The van der Waals surface area contributed by atoms with Crippen LogP contribution in [0.2, 0.25) is 0 Å². The lowest BCUT2D eigenvalue weighted by Gasteiger charge is -2.32. The molecule has 2 aliphatic heterocycles. The first kappa shape index (κ1) is 21.7. The molecule has 2 heterocycles. The molecule has 1 aromatic carbocycles. The summed E-state index contributed by atoms with van der Waals surface area (Å²) in [4.78, 5) is 30.1. The van der Waals surface area contributed by atoms with Gasteiger partial charge in [0.05, 0.1) is 18.8 Å². The molecule has 0 unspecified atom stereocenters. The summed E-state index contributed by atoms with van der Waals surface area (Å²) in [6, 6.07) is 3.00. The van der Waals surface area contributed by atoms with E-state index in [0.717, 1.165) is 6.07 Å². The van der Waals surface area contributed by atoms with Crippen molar-refractivity contribution in [2.45, 2.75) is 12.6 Å². The van der Waals surface area contributed by atoms with E-state index >= 15 is 0 Å². The van der Waals surface area contributed by atoms with Crippen molar-refractivity contribution in [2.75, 3.05) is 57.8 Å². The molecule has 11 heteroatoms. The van der Waals surface area contributed by atoms with Crippen LogP contribution >= 0.6 is 15.9 Å². The Labute approximate surface area is 174 Å². The standard InChI is InChI=1S/C18H22BrF3N4O3/c19-15-3-2-13(12-14(15)18(20,21)22)23-16(27)24-4-1-5-25(7-6-24)17(28)26-8-10-29-11-9-26/h2-3,12H,1,4-11H2,(H,23,27). The molecule has 4 amide bonds. The van der Waals surface area contributed by atoms with E-state index in [9.17, 15) is 22.8 Å². The number of nitrogens with zero attached hydrogens (tertiary/aromatic N) is 3. The number of hydrogen-bond donors (Lipinski definition) is 1. The molecule has 1 N–H and O–H groups in total. The van der Waals surface area contributed by atoms with E-state index in [4.69, 9.17) is 4.74 Å². The molecule has 0 atom stereocenters. The van der Waals surface area contributed by atoms with E-state index in [1.165, 1.54) is 17.0 Å². The summed E-state index contributed by atoms with van der Waals surface area (Å²) in [5, 5.41) is 2.52. The lowest BCUT2D eigenvalue weighted by Crippen LogP contribution is -2.49. The van der Waals surface area contributed by atoms with E-state index < -0.39 is 17.8 Å². The van der Waals surface area contributed by atoms with Crippen molar-refractivity contribution < 1.29 is 27.5 Å². The van der Waals surface area contributed by atoms with Gasteiger partial charge in [0.1, 0.15) is 0 Å². The fourth-order valence-corrected chi connectivity index (χ4v) is 3.76. The van der Waals surface area contributed by atoms with E-state index in [2.05, 4.69) is 21.2 Å². The Hall–Kier alpha value is -2.01. The van der Waals surface area contributed by atoms with Gasteiger partial charge in [-0.3, -0.25) is 0 Å². The molecule has 0 aromatic heterocycles. The fourth-order valence-electron chi connectivity index (χ4n) is 3.29. The molecule has 3 rings (SSSR count). The summed E-state index contributed by atoms with van der Waals surface area (Å²) < 4.78 is 44.3. The lowest BCUT2D eigenvalue weighted by molar-refractivity contribution is -0.138. The maximum absolute atomic E-state index is 13.0. The van der Waals surface area contributed by atoms with Crippen LogP contribution < -0.4 is 5.32 Å². The first-order valence-electron chi connectivity index (χ1n) is 9.30. The number of carbonyl (C=O) groups excluding carboxylic acids is 2. The van der Waals surface area contributed by atoms with Crippen molar-refractivity contribution in [3.8, 4) is 0 Å². The van der Waals surface area contributed by atoms with Gasteiger partial charge in [-0.15, -0.1) is 0 Å². The van der Waals surface area contributed by atoms with Gasteiger partial charge >= 0.3 is 18.2 Å². The van der Waals surface area contributed by atoms with Crippen LogP contribution in [-0.4, -0.2) is 79.2 Å². The Morgan fingerprint density at radius 3 is 2.28 bits per heavy atom. The van der Waals surface area contributed by atoms with E-state index in [1.54, 1.807) is 9.80 Å². The van der Waals surface area contributed by atoms with Crippen molar-refractivity contribution in [1.82, 2.24) is 14.7 Å². The summed E-state index contributed by atoms with van der Waals surface area (Å²) in [5.74, 6) is 0. The van der Waals surface area contributed by atoms with Crippen LogP contribution in [0, 0.1) is 0 Å². The molecule has 2 fully saturated rings. The summed E-state index contributed by atoms with van der Waals surface area (Å²) in [6.07, 6.45) is -3.93. The maximum atomic E-state index is 13.0. The molecule has 0 radical (unpaired) electrons. The van der Waals surface area contributed by atoms with Gasteiger partial charge in [-0.05, 0) is 24.6 Å². The molecule has 0 bridgehead atoms. The summed E-state index contributed by atoms with van der Waals surface area (Å²) >= 11 is 2.88. The second kappa shape index (κ2) is 9.21. The van der Waals surface area contributed by atoms with Crippen LogP contribution in [0.15, 0.2) is 22.7 Å². The van der Waals surface area contributed by atoms with Crippen molar-refractivity contribution in [2.24, 2.45) is 0 Å². The van der Waals surface area contributed by atoms with Gasteiger partial charge < -0.3 is 24.8 Å². The van der Waals surface area contributed by atoms with Crippen LogP contribution in [0.25, 0.3) is 0 Å². The molecule has 160 valence electrons. The van der Waals surface area contributed by atoms with Gasteiger partial charge in [0.2, 0.25) is 0 Å². The maximum Gasteiger partial charge on any atom is 0.417 e. The molecule has 2 saturated heterocycles. The number of benzene rings is 1. The largest absolute Gasteiger partial charge is 0.417 e. The number of halogens is 4. The molecule has 0 aliphatic carbocycles. The average Bonchev–Trinajstić information content (AvgIpc) is 2.95. The number of anilines is 1. The van der Waals surface area contributed by atoms with Crippen LogP contribution in [0.1, 0.15) is 12.0 Å². The third-order valence-corrected chi connectivity index (χ3v) is 5.55. The normalized spacial score (nSPS) is 18.4. The Morgan fingerprint density at radius 2 is 1.59 bits per heavy atom. The zero-order valence-corrected chi connectivity index (χ0v) is 17.3. The topological polar surface area (TPSA) is 65.1 Å². The second-order valence-electron chi connectivity index (χ2n) is 6.83. The molecule has 1 aromatic rings. The van der Waals surface area contributed by atoms with E-state index in [-0.39, 0.29) is 16.2 Å². The number of alkyl halides is 3. The van der Waals surface area contributed by atoms with Gasteiger partial charge in [-0.2, -0.15) is 13.2 Å². The Morgan fingerprint density at radius 1 is 0.966 bits per heavy atom. The van der Waals surface area contributed by atoms with Gasteiger partial charge in [0.15, 0.2) is 0 Å². The smallest absolute Gasteiger partial charge is 0.378 e. The average molecular weight is 479 g/mol. The zero-order chi connectivity index (χ0) is 21.0. The highest BCUT2D eigenvalue weighted by atomic mass is 79.9. The Kier molecular flexibility index (Phi) is 6.89. The van der Waals surface area contributed by atoms with Crippen molar-refractivity contribution in [3.63, 3.8) is 0 Å². The van der Waals surface area contributed by atoms with Crippen molar-refractivity contribution in [1.29, 1.82) is 0 Å². The number of rotatable bonds is 1. The fraction of sp³-hybridized carbons (Fsp3) is 0.556. The van der Waals surface area contributed by atoms with E-state index in [0.29, 0.717) is 58.9 Å². The van der Waals surface area contributed by atoms with Crippen molar-refractivity contribution in [3.05, 3.63) is 28.2 Å². The number of nitrogens with one attached hydrogen (secondary N) is 1. The minimum absolute atomic E-state index is 0.0658. The summed E-state index contributed by atoms with van der Waals surface area (Å²) in [5.41, 5.74) is -0.788. The molecular formula is C18H22BrF3N4O3. The number of amides is 4. The lowest BCUT2D eigenvalue weighted by atomic mass is 10.2. The van der Waals surface area contributed by atoms with Crippen molar-refractivity contribution >= 4 is 33.7 Å².